The van der Waals surface area contributed by atoms with E-state index in [-0.39, 0.29) is 23.5 Å². The van der Waals surface area contributed by atoms with Crippen LogP contribution in [0.1, 0.15) is 13.8 Å². The van der Waals surface area contributed by atoms with Gasteiger partial charge in [-0.25, -0.2) is 4.98 Å². The Morgan fingerprint density at radius 1 is 1.23 bits per heavy atom. The lowest BCUT2D eigenvalue weighted by atomic mass is 10.3. The minimum Gasteiger partial charge on any atom is -0.497 e. The highest BCUT2D eigenvalue weighted by molar-refractivity contribution is 5.68. The van der Waals surface area contributed by atoms with Crippen LogP contribution in [0.4, 0.5) is 17.2 Å². The predicted octanol–water partition coefficient (Wildman–Crippen LogP) is 2.92. The molecular formula is C14H16N4O4. The molecule has 0 aliphatic heterocycles. The zero-order chi connectivity index (χ0) is 16.1. The quantitative estimate of drug-likeness (QED) is 0.647. The molecule has 1 heterocycles. The number of nitrogens with zero attached hydrogens (tertiary/aromatic N) is 3. The Morgan fingerprint density at radius 3 is 2.45 bits per heavy atom. The van der Waals surface area contributed by atoms with Crippen molar-refractivity contribution in [2.45, 2.75) is 20.0 Å². The highest BCUT2D eigenvalue weighted by atomic mass is 16.6. The van der Waals surface area contributed by atoms with E-state index >= 15 is 0 Å². The van der Waals surface area contributed by atoms with Crippen molar-refractivity contribution in [3.63, 3.8) is 0 Å². The lowest BCUT2D eigenvalue weighted by Gasteiger charge is -2.11. The molecule has 1 aromatic heterocycles. The van der Waals surface area contributed by atoms with Crippen LogP contribution in [0.5, 0.6) is 11.6 Å². The number of hydrogen-bond acceptors (Lipinski definition) is 7. The molecule has 0 amide bonds. The maximum absolute atomic E-state index is 11.3. The average molecular weight is 304 g/mol. The van der Waals surface area contributed by atoms with Crippen molar-refractivity contribution in [1.29, 1.82) is 0 Å². The Kier molecular flexibility index (Phi) is 4.72. The molecule has 0 atom stereocenters. The van der Waals surface area contributed by atoms with Crippen molar-refractivity contribution in [2.24, 2.45) is 0 Å². The summed E-state index contributed by atoms with van der Waals surface area (Å²) in [5, 5.41) is 14.2. The maximum Gasteiger partial charge on any atom is 0.373 e. The van der Waals surface area contributed by atoms with Gasteiger partial charge < -0.3 is 14.8 Å². The predicted molar refractivity (Wildman–Crippen MR) is 80.7 cm³/mol. The van der Waals surface area contributed by atoms with Crippen LogP contribution in [-0.4, -0.2) is 28.1 Å². The van der Waals surface area contributed by atoms with Gasteiger partial charge in [-0.3, -0.25) is 10.1 Å². The van der Waals surface area contributed by atoms with Crippen LogP contribution in [0.2, 0.25) is 0 Å². The Morgan fingerprint density at radius 2 is 1.91 bits per heavy atom. The number of nitro groups is 1. The van der Waals surface area contributed by atoms with E-state index in [1.54, 1.807) is 45.2 Å². The summed E-state index contributed by atoms with van der Waals surface area (Å²) in [6.45, 7) is 3.53. The number of ether oxygens (including phenoxy) is 2. The van der Waals surface area contributed by atoms with Gasteiger partial charge >= 0.3 is 5.69 Å². The molecule has 0 aliphatic rings. The highest BCUT2D eigenvalue weighted by Gasteiger charge is 2.25. The van der Waals surface area contributed by atoms with Gasteiger partial charge in [0.25, 0.3) is 5.88 Å². The molecule has 0 saturated heterocycles. The van der Waals surface area contributed by atoms with E-state index < -0.39 is 4.92 Å². The van der Waals surface area contributed by atoms with E-state index in [0.29, 0.717) is 11.4 Å². The van der Waals surface area contributed by atoms with E-state index in [1.807, 2.05) is 0 Å². The van der Waals surface area contributed by atoms with Gasteiger partial charge in [0.2, 0.25) is 5.82 Å². The third kappa shape index (κ3) is 3.60. The molecule has 1 N–H and O–H groups in total. The molecule has 116 valence electrons. The van der Waals surface area contributed by atoms with Gasteiger partial charge in [-0.2, -0.15) is 4.98 Å². The monoisotopic (exact) mass is 304 g/mol. The molecule has 0 fully saturated rings. The number of nitrogens with one attached hydrogen (secondary N) is 1. The molecule has 22 heavy (non-hydrogen) atoms. The van der Waals surface area contributed by atoms with E-state index in [9.17, 15) is 10.1 Å². The summed E-state index contributed by atoms with van der Waals surface area (Å²) in [7, 11) is 1.56. The first-order valence-corrected chi connectivity index (χ1v) is 6.58. The number of methoxy groups -OCH3 is 1. The zero-order valence-corrected chi connectivity index (χ0v) is 12.4. The summed E-state index contributed by atoms with van der Waals surface area (Å²) in [6.07, 6.45) is 0.985. The van der Waals surface area contributed by atoms with Gasteiger partial charge in [0.05, 0.1) is 18.1 Å². The topological polar surface area (TPSA) is 99.4 Å². The smallest absolute Gasteiger partial charge is 0.373 e. The molecule has 1 aromatic carbocycles. The number of hydrogen-bond donors (Lipinski definition) is 1. The second-order valence-corrected chi connectivity index (χ2v) is 4.65. The Labute approximate surface area is 127 Å². The van der Waals surface area contributed by atoms with Gasteiger partial charge in [-0.05, 0) is 38.1 Å². The standard InChI is InChI=1S/C14H16N4O4/c1-9(2)22-14-12(18(19)20)13(15-8-16-14)17-10-4-6-11(21-3)7-5-10/h4-9H,1-3H3,(H,15,16,17). The first-order valence-electron chi connectivity index (χ1n) is 6.58. The summed E-state index contributed by atoms with van der Waals surface area (Å²) < 4.78 is 10.4. The van der Waals surface area contributed by atoms with Crippen LogP contribution < -0.4 is 14.8 Å². The zero-order valence-electron chi connectivity index (χ0n) is 12.4. The van der Waals surface area contributed by atoms with Crippen molar-refractivity contribution in [2.75, 3.05) is 12.4 Å². The van der Waals surface area contributed by atoms with Crippen molar-refractivity contribution < 1.29 is 14.4 Å². The summed E-state index contributed by atoms with van der Waals surface area (Å²) in [5.74, 6) is 0.693. The fourth-order valence-corrected chi connectivity index (χ4v) is 1.74. The summed E-state index contributed by atoms with van der Waals surface area (Å²) in [5.41, 5.74) is 0.338. The van der Waals surface area contributed by atoms with Crippen molar-refractivity contribution in [3.8, 4) is 11.6 Å². The molecule has 8 heteroatoms. The Bertz CT molecular complexity index is 658. The van der Waals surface area contributed by atoms with E-state index in [1.165, 1.54) is 6.33 Å². The summed E-state index contributed by atoms with van der Waals surface area (Å²) in [4.78, 5) is 18.5. The van der Waals surface area contributed by atoms with Crippen LogP contribution in [0.25, 0.3) is 0 Å². The number of benzene rings is 1. The van der Waals surface area contributed by atoms with Gasteiger partial charge in [-0.15, -0.1) is 0 Å². The highest BCUT2D eigenvalue weighted by Crippen LogP contribution is 2.33. The van der Waals surface area contributed by atoms with Crippen LogP contribution in [0, 0.1) is 10.1 Å². The molecule has 8 nitrogen and oxygen atoms in total. The van der Waals surface area contributed by atoms with Crippen LogP contribution in [0.15, 0.2) is 30.6 Å². The first kappa shape index (κ1) is 15.5. The van der Waals surface area contributed by atoms with Crippen LogP contribution >= 0.6 is 0 Å². The first-order chi connectivity index (χ1) is 10.5. The minimum absolute atomic E-state index is 0.0639. The lowest BCUT2D eigenvalue weighted by Crippen LogP contribution is -2.10. The van der Waals surface area contributed by atoms with Gasteiger partial charge in [0.15, 0.2) is 0 Å². The number of aromatic nitrogens is 2. The summed E-state index contributed by atoms with van der Waals surface area (Å²) in [6, 6.07) is 6.93. The third-order valence-electron chi connectivity index (χ3n) is 2.67. The SMILES string of the molecule is COc1ccc(Nc2ncnc(OC(C)C)c2[N+](=O)[O-])cc1. The van der Waals surface area contributed by atoms with Gasteiger partial charge in [-0.1, -0.05) is 0 Å². The third-order valence-corrected chi connectivity index (χ3v) is 2.67. The molecule has 2 rings (SSSR count). The van der Waals surface area contributed by atoms with Gasteiger partial charge in [0.1, 0.15) is 12.1 Å². The van der Waals surface area contributed by atoms with E-state index in [4.69, 9.17) is 9.47 Å². The normalized spacial score (nSPS) is 10.4. The van der Waals surface area contributed by atoms with E-state index in [0.717, 1.165) is 0 Å². The lowest BCUT2D eigenvalue weighted by molar-refractivity contribution is -0.385. The van der Waals surface area contributed by atoms with Crippen molar-refractivity contribution in [3.05, 3.63) is 40.7 Å². The minimum atomic E-state index is -0.566. The van der Waals surface area contributed by atoms with Crippen molar-refractivity contribution in [1.82, 2.24) is 9.97 Å². The average Bonchev–Trinajstić information content (AvgIpc) is 2.47. The molecular weight excluding hydrogens is 288 g/mol. The van der Waals surface area contributed by atoms with Crippen molar-refractivity contribution >= 4 is 17.2 Å². The van der Waals surface area contributed by atoms with Gasteiger partial charge in [0, 0.05) is 5.69 Å². The Balaban J connectivity index is 2.34. The molecule has 0 radical (unpaired) electrons. The fraction of sp³-hybridized carbons (Fsp3) is 0.286. The maximum atomic E-state index is 11.3. The fourth-order valence-electron chi connectivity index (χ4n) is 1.74. The molecule has 0 unspecified atom stereocenters. The summed E-state index contributed by atoms with van der Waals surface area (Å²) >= 11 is 0. The largest absolute Gasteiger partial charge is 0.497 e. The van der Waals surface area contributed by atoms with Crippen LogP contribution in [0.3, 0.4) is 0 Å². The molecule has 0 aliphatic carbocycles. The molecule has 2 aromatic rings. The number of anilines is 2. The second-order valence-electron chi connectivity index (χ2n) is 4.65. The number of rotatable bonds is 6. The second kappa shape index (κ2) is 6.70. The van der Waals surface area contributed by atoms with E-state index in [2.05, 4.69) is 15.3 Å². The van der Waals surface area contributed by atoms with Crippen LogP contribution in [-0.2, 0) is 0 Å². The molecule has 0 spiro atoms. The molecule has 0 saturated carbocycles. The molecule has 0 bridgehead atoms. The Hall–Kier alpha value is -2.90.